The van der Waals surface area contributed by atoms with Crippen LogP contribution in [0.15, 0.2) is 54.7 Å². The van der Waals surface area contributed by atoms with Crippen LogP contribution >= 0.6 is 0 Å². The number of ether oxygens (including phenoxy) is 1. The zero-order valence-electron chi connectivity index (χ0n) is 18.4. The highest BCUT2D eigenvalue weighted by atomic mass is 16.5. The van der Waals surface area contributed by atoms with E-state index in [0.717, 1.165) is 22.3 Å². The number of nitrogens with one attached hydrogen (secondary N) is 2. The average Bonchev–Trinajstić information content (AvgIpc) is 3.41. The number of nitrogens with zero attached hydrogens (tertiary/aromatic N) is 3. The maximum Gasteiger partial charge on any atom is 0.407 e. The third-order valence-electron chi connectivity index (χ3n) is 5.54. The Morgan fingerprint density at radius 3 is 2.35 bits per heavy atom. The van der Waals surface area contributed by atoms with Crippen molar-refractivity contribution in [3.05, 3.63) is 71.5 Å². The molecule has 0 atom stereocenters. The molecule has 0 spiro atoms. The van der Waals surface area contributed by atoms with Crippen LogP contribution in [0.3, 0.4) is 0 Å². The first kappa shape index (κ1) is 23.0. The second-order valence-electron chi connectivity index (χ2n) is 7.93. The summed E-state index contributed by atoms with van der Waals surface area (Å²) in [6, 6.07) is 16.2. The smallest absolute Gasteiger partial charge is 0.407 e. The van der Waals surface area contributed by atoms with E-state index in [1.165, 1.54) is 4.68 Å². The van der Waals surface area contributed by atoms with E-state index in [2.05, 4.69) is 45.2 Å². The van der Waals surface area contributed by atoms with Crippen LogP contribution in [0.25, 0.3) is 11.1 Å². The van der Waals surface area contributed by atoms with E-state index < -0.39 is 12.1 Å². The number of fused-ring (bicyclic) bond motifs is 3. The molecule has 34 heavy (non-hydrogen) atoms. The molecule has 0 aliphatic heterocycles. The molecule has 1 aromatic heterocycles. The van der Waals surface area contributed by atoms with Crippen molar-refractivity contribution in [2.24, 2.45) is 0 Å². The quantitative estimate of drug-likeness (QED) is 0.393. The van der Waals surface area contributed by atoms with Crippen LogP contribution in [-0.2, 0) is 27.4 Å². The van der Waals surface area contributed by atoms with Gasteiger partial charge in [-0.1, -0.05) is 53.7 Å². The summed E-state index contributed by atoms with van der Waals surface area (Å²) in [5.41, 5.74) is 5.08. The van der Waals surface area contributed by atoms with Gasteiger partial charge < -0.3 is 20.5 Å². The van der Waals surface area contributed by atoms with Gasteiger partial charge in [0.2, 0.25) is 5.91 Å². The largest absolute Gasteiger partial charge is 0.481 e. The standard InChI is InChI=1S/C24H25N5O5/c30-22(25-11-5-10-23(31)32)14-29-13-16(27-28-29)12-26-24(33)34-15-21-19-8-3-1-6-17(19)18-7-2-4-9-20(18)21/h1-4,6-9,13,21H,5,10-12,14-15H2,(H,25,30)(H,26,33)(H,31,32). The number of carbonyl (C=O) groups excluding carboxylic acids is 2. The van der Waals surface area contributed by atoms with Gasteiger partial charge in [0.1, 0.15) is 18.8 Å². The number of hydrogen-bond donors (Lipinski definition) is 3. The number of amides is 2. The van der Waals surface area contributed by atoms with Crippen LogP contribution in [-0.4, -0.2) is 51.2 Å². The molecule has 3 aromatic rings. The van der Waals surface area contributed by atoms with Crippen LogP contribution in [0.5, 0.6) is 0 Å². The molecular weight excluding hydrogens is 438 g/mol. The highest BCUT2D eigenvalue weighted by Crippen LogP contribution is 2.44. The Balaban J connectivity index is 1.23. The molecule has 0 unspecified atom stereocenters. The Kier molecular flexibility index (Phi) is 7.16. The van der Waals surface area contributed by atoms with Crippen LogP contribution in [0.2, 0.25) is 0 Å². The van der Waals surface area contributed by atoms with E-state index in [9.17, 15) is 14.4 Å². The molecule has 3 N–H and O–H groups in total. The number of benzene rings is 2. The summed E-state index contributed by atoms with van der Waals surface area (Å²) in [6.45, 7) is 0.548. The van der Waals surface area contributed by atoms with Crippen LogP contribution < -0.4 is 10.6 Å². The minimum atomic E-state index is -0.904. The lowest BCUT2D eigenvalue weighted by Gasteiger charge is -2.14. The lowest BCUT2D eigenvalue weighted by atomic mass is 9.98. The lowest BCUT2D eigenvalue weighted by Crippen LogP contribution is -2.29. The van der Waals surface area contributed by atoms with Crippen molar-refractivity contribution in [1.82, 2.24) is 25.6 Å². The molecule has 1 aliphatic rings. The van der Waals surface area contributed by atoms with Gasteiger partial charge in [0.25, 0.3) is 0 Å². The number of hydrogen-bond acceptors (Lipinski definition) is 6. The number of carboxylic acid groups (broad SMARTS) is 1. The Bertz CT molecular complexity index is 1150. The van der Waals surface area contributed by atoms with Gasteiger partial charge >= 0.3 is 12.1 Å². The summed E-state index contributed by atoms with van der Waals surface area (Å²) >= 11 is 0. The molecule has 1 heterocycles. The van der Waals surface area contributed by atoms with Crippen molar-refractivity contribution >= 4 is 18.0 Å². The molecule has 2 amide bonds. The van der Waals surface area contributed by atoms with Crippen molar-refractivity contribution in [1.29, 1.82) is 0 Å². The minimum absolute atomic E-state index is 0.00467. The van der Waals surface area contributed by atoms with Crippen LogP contribution in [0.4, 0.5) is 4.79 Å². The Morgan fingerprint density at radius 2 is 1.68 bits per heavy atom. The molecule has 10 heteroatoms. The van der Waals surface area contributed by atoms with Crippen molar-refractivity contribution < 1.29 is 24.2 Å². The molecule has 10 nitrogen and oxygen atoms in total. The molecule has 0 saturated carbocycles. The first-order valence-corrected chi connectivity index (χ1v) is 11.0. The molecule has 4 rings (SSSR count). The number of carboxylic acids is 1. The molecule has 0 saturated heterocycles. The Labute approximate surface area is 195 Å². The summed E-state index contributed by atoms with van der Waals surface area (Å²) in [7, 11) is 0. The second kappa shape index (κ2) is 10.6. The zero-order chi connectivity index (χ0) is 23.9. The van der Waals surface area contributed by atoms with Gasteiger partial charge in [-0.3, -0.25) is 9.59 Å². The number of aliphatic carboxylic acids is 1. The van der Waals surface area contributed by atoms with E-state index >= 15 is 0 Å². The third-order valence-corrected chi connectivity index (χ3v) is 5.54. The SMILES string of the molecule is O=C(O)CCCNC(=O)Cn1cc(CNC(=O)OCC2c3ccccc3-c3ccccc32)nn1. The molecule has 0 fully saturated rings. The normalized spacial score (nSPS) is 12.0. The van der Waals surface area contributed by atoms with E-state index in [1.54, 1.807) is 6.20 Å². The van der Waals surface area contributed by atoms with Crippen molar-refractivity contribution in [3.8, 4) is 11.1 Å². The van der Waals surface area contributed by atoms with E-state index in [0.29, 0.717) is 12.1 Å². The van der Waals surface area contributed by atoms with Gasteiger partial charge in [-0.2, -0.15) is 0 Å². The summed E-state index contributed by atoms with van der Waals surface area (Å²) in [6.07, 6.45) is 1.34. The minimum Gasteiger partial charge on any atom is -0.481 e. The average molecular weight is 463 g/mol. The molecule has 0 bridgehead atoms. The maximum absolute atomic E-state index is 12.3. The van der Waals surface area contributed by atoms with Gasteiger partial charge in [0.15, 0.2) is 0 Å². The second-order valence-corrected chi connectivity index (χ2v) is 7.93. The van der Waals surface area contributed by atoms with Crippen molar-refractivity contribution in [2.75, 3.05) is 13.2 Å². The lowest BCUT2D eigenvalue weighted by molar-refractivity contribution is -0.137. The summed E-state index contributed by atoms with van der Waals surface area (Å²) in [5, 5.41) is 21.7. The highest BCUT2D eigenvalue weighted by Gasteiger charge is 2.28. The highest BCUT2D eigenvalue weighted by molar-refractivity contribution is 5.79. The van der Waals surface area contributed by atoms with Gasteiger partial charge in [0.05, 0.1) is 12.7 Å². The van der Waals surface area contributed by atoms with Crippen molar-refractivity contribution in [2.45, 2.75) is 31.8 Å². The Morgan fingerprint density at radius 1 is 1.00 bits per heavy atom. The predicted molar refractivity (Wildman–Crippen MR) is 122 cm³/mol. The maximum atomic E-state index is 12.3. The van der Waals surface area contributed by atoms with E-state index in [4.69, 9.17) is 9.84 Å². The van der Waals surface area contributed by atoms with Gasteiger partial charge in [0, 0.05) is 18.9 Å². The molecule has 0 radical (unpaired) electrons. The van der Waals surface area contributed by atoms with E-state index in [1.807, 2.05) is 24.3 Å². The number of rotatable bonds is 10. The first-order valence-electron chi connectivity index (χ1n) is 11.0. The van der Waals surface area contributed by atoms with Crippen LogP contribution in [0.1, 0.15) is 35.6 Å². The van der Waals surface area contributed by atoms with Gasteiger partial charge in [-0.05, 0) is 28.7 Å². The topological polar surface area (TPSA) is 135 Å². The molecule has 176 valence electrons. The fourth-order valence-corrected chi connectivity index (χ4v) is 3.98. The molecule has 1 aliphatic carbocycles. The molecule has 2 aromatic carbocycles. The molecular formula is C24H25N5O5. The third kappa shape index (κ3) is 5.58. The van der Waals surface area contributed by atoms with Gasteiger partial charge in [-0.25, -0.2) is 9.48 Å². The zero-order valence-corrected chi connectivity index (χ0v) is 18.4. The predicted octanol–water partition coefficient (Wildman–Crippen LogP) is 2.30. The monoisotopic (exact) mass is 463 g/mol. The summed E-state index contributed by atoms with van der Waals surface area (Å²) in [4.78, 5) is 34.6. The van der Waals surface area contributed by atoms with E-state index in [-0.39, 0.29) is 44.5 Å². The number of carbonyl (C=O) groups is 3. The first-order chi connectivity index (χ1) is 16.5. The Hall–Kier alpha value is -4.21. The fraction of sp³-hybridized carbons (Fsp3) is 0.292. The summed E-state index contributed by atoms with van der Waals surface area (Å²) < 4.78 is 6.84. The fourth-order valence-electron chi connectivity index (χ4n) is 3.98. The number of aromatic nitrogens is 3. The van der Waals surface area contributed by atoms with Crippen molar-refractivity contribution in [3.63, 3.8) is 0 Å². The van der Waals surface area contributed by atoms with Gasteiger partial charge in [-0.15, -0.1) is 5.10 Å². The van der Waals surface area contributed by atoms with Crippen LogP contribution in [0, 0.1) is 0 Å². The number of alkyl carbamates (subject to hydrolysis) is 1. The summed E-state index contributed by atoms with van der Waals surface area (Å²) in [5.74, 6) is -1.22.